The summed E-state index contributed by atoms with van der Waals surface area (Å²) in [5.74, 6) is -0.0867. The summed E-state index contributed by atoms with van der Waals surface area (Å²) in [5, 5.41) is 20.6. The number of aliphatic hydroxyl groups is 1. The second-order valence-corrected chi connectivity index (χ2v) is 6.91. The Labute approximate surface area is 175 Å². The molecule has 0 aliphatic carbocycles. The van der Waals surface area contributed by atoms with Crippen molar-refractivity contribution in [2.75, 3.05) is 7.11 Å². The molecular formula is C24H24O6. The van der Waals surface area contributed by atoms with Gasteiger partial charge in [0.25, 0.3) is 0 Å². The van der Waals surface area contributed by atoms with Gasteiger partial charge in [0, 0.05) is 0 Å². The van der Waals surface area contributed by atoms with Gasteiger partial charge in [-0.15, -0.1) is 0 Å². The molecule has 2 N–H and O–H groups in total. The van der Waals surface area contributed by atoms with Crippen LogP contribution in [0.5, 0.6) is 17.2 Å². The largest absolute Gasteiger partial charge is 0.493 e. The van der Waals surface area contributed by atoms with Crippen molar-refractivity contribution in [3.8, 4) is 17.2 Å². The number of carbonyl (C=O) groups is 1. The number of hydrogen-bond donors (Lipinski definition) is 2. The third-order valence-electron chi connectivity index (χ3n) is 4.78. The van der Waals surface area contributed by atoms with Crippen LogP contribution in [0.15, 0.2) is 78.9 Å². The fraction of sp³-hybridized carbons (Fsp3) is 0.208. The fourth-order valence-corrected chi connectivity index (χ4v) is 2.95. The summed E-state index contributed by atoms with van der Waals surface area (Å²) < 4.78 is 16.7. The predicted octanol–water partition coefficient (Wildman–Crippen LogP) is 4.23. The van der Waals surface area contributed by atoms with Crippen LogP contribution in [0.25, 0.3) is 0 Å². The zero-order valence-electron chi connectivity index (χ0n) is 16.8. The van der Waals surface area contributed by atoms with Crippen LogP contribution in [0.4, 0.5) is 0 Å². The fourth-order valence-electron chi connectivity index (χ4n) is 2.95. The quantitative estimate of drug-likeness (QED) is 0.551. The maximum atomic E-state index is 12.0. The SMILES string of the molecule is COc1ccccc1OC(C)(C(=O)O)C(O)c1ccc(OCc2ccccc2)cc1. The number of benzene rings is 3. The molecule has 0 spiro atoms. The van der Waals surface area contributed by atoms with E-state index in [1.54, 1.807) is 48.5 Å². The summed E-state index contributed by atoms with van der Waals surface area (Å²) in [6.45, 7) is 1.73. The number of carboxylic acid groups (broad SMARTS) is 1. The Morgan fingerprint density at radius 3 is 2.13 bits per heavy atom. The van der Waals surface area contributed by atoms with Crippen molar-refractivity contribution in [2.24, 2.45) is 0 Å². The standard InChI is InChI=1S/C24H24O6/c1-24(23(26)27,30-21-11-7-6-10-20(21)28-2)22(25)18-12-14-19(15-13-18)29-16-17-8-4-3-5-9-17/h3-15,22,25H,16H2,1-2H3,(H,26,27). The van der Waals surface area contributed by atoms with E-state index in [1.165, 1.54) is 14.0 Å². The van der Waals surface area contributed by atoms with Gasteiger partial charge in [-0.05, 0) is 42.3 Å². The molecule has 6 nitrogen and oxygen atoms in total. The lowest BCUT2D eigenvalue weighted by atomic mass is 9.92. The van der Waals surface area contributed by atoms with Crippen molar-refractivity contribution >= 4 is 5.97 Å². The van der Waals surface area contributed by atoms with Crippen LogP contribution < -0.4 is 14.2 Å². The molecule has 2 atom stereocenters. The predicted molar refractivity (Wildman–Crippen MR) is 112 cm³/mol. The molecule has 30 heavy (non-hydrogen) atoms. The summed E-state index contributed by atoms with van der Waals surface area (Å²) in [6.07, 6.45) is -1.43. The highest BCUT2D eigenvalue weighted by molar-refractivity contribution is 5.79. The van der Waals surface area contributed by atoms with E-state index in [2.05, 4.69) is 0 Å². The van der Waals surface area contributed by atoms with Crippen LogP contribution in [0.3, 0.4) is 0 Å². The molecule has 3 aromatic carbocycles. The molecule has 0 aliphatic heterocycles. The van der Waals surface area contributed by atoms with Crippen LogP contribution >= 0.6 is 0 Å². The average Bonchev–Trinajstić information content (AvgIpc) is 2.78. The van der Waals surface area contributed by atoms with E-state index in [0.717, 1.165) is 5.56 Å². The van der Waals surface area contributed by atoms with E-state index in [-0.39, 0.29) is 5.75 Å². The van der Waals surface area contributed by atoms with Gasteiger partial charge in [-0.2, -0.15) is 0 Å². The lowest BCUT2D eigenvalue weighted by Gasteiger charge is -2.31. The normalized spacial score (nSPS) is 13.7. The number of para-hydroxylation sites is 2. The minimum absolute atomic E-state index is 0.228. The Morgan fingerprint density at radius 2 is 1.53 bits per heavy atom. The molecule has 3 aromatic rings. The van der Waals surface area contributed by atoms with E-state index in [0.29, 0.717) is 23.7 Å². The number of aliphatic carboxylic acids is 1. The Morgan fingerprint density at radius 1 is 0.933 bits per heavy atom. The van der Waals surface area contributed by atoms with Gasteiger partial charge >= 0.3 is 5.97 Å². The highest BCUT2D eigenvalue weighted by Crippen LogP contribution is 2.36. The number of rotatable bonds is 9. The Balaban J connectivity index is 1.76. The molecule has 0 saturated heterocycles. The van der Waals surface area contributed by atoms with Gasteiger partial charge in [-0.25, -0.2) is 4.79 Å². The monoisotopic (exact) mass is 408 g/mol. The highest BCUT2D eigenvalue weighted by Gasteiger charge is 2.45. The maximum absolute atomic E-state index is 12.0. The van der Waals surface area contributed by atoms with Crippen molar-refractivity contribution < 1.29 is 29.2 Å². The second kappa shape index (κ2) is 9.33. The van der Waals surface area contributed by atoms with Crippen LogP contribution in [-0.4, -0.2) is 28.9 Å². The molecule has 0 aromatic heterocycles. The molecule has 0 amide bonds. The first-order valence-electron chi connectivity index (χ1n) is 9.44. The number of ether oxygens (including phenoxy) is 3. The van der Waals surface area contributed by atoms with E-state index in [9.17, 15) is 15.0 Å². The summed E-state index contributed by atoms with van der Waals surface area (Å²) in [7, 11) is 1.46. The van der Waals surface area contributed by atoms with Gasteiger partial charge in [0.05, 0.1) is 7.11 Å². The Hall–Kier alpha value is -3.51. The van der Waals surface area contributed by atoms with E-state index in [4.69, 9.17) is 14.2 Å². The number of hydrogen-bond acceptors (Lipinski definition) is 5. The number of carboxylic acids is 1. The molecule has 0 bridgehead atoms. The first-order valence-corrected chi connectivity index (χ1v) is 9.44. The third kappa shape index (κ3) is 4.72. The maximum Gasteiger partial charge on any atom is 0.350 e. The minimum atomic E-state index is -1.93. The van der Waals surface area contributed by atoms with Crippen LogP contribution in [0.1, 0.15) is 24.2 Å². The van der Waals surface area contributed by atoms with E-state index in [1.807, 2.05) is 30.3 Å². The molecule has 156 valence electrons. The van der Waals surface area contributed by atoms with E-state index >= 15 is 0 Å². The molecular weight excluding hydrogens is 384 g/mol. The highest BCUT2D eigenvalue weighted by atomic mass is 16.6. The van der Waals surface area contributed by atoms with Gasteiger partial charge < -0.3 is 24.4 Å². The molecule has 0 radical (unpaired) electrons. The van der Waals surface area contributed by atoms with Crippen molar-refractivity contribution in [3.05, 3.63) is 90.0 Å². The molecule has 2 unspecified atom stereocenters. The smallest absolute Gasteiger partial charge is 0.350 e. The lowest BCUT2D eigenvalue weighted by Crippen LogP contribution is -2.47. The molecule has 3 rings (SSSR count). The first kappa shape index (κ1) is 21.2. The van der Waals surface area contributed by atoms with Gasteiger partial charge in [-0.1, -0.05) is 54.6 Å². The Kier molecular flexibility index (Phi) is 6.59. The average molecular weight is 408 g/mol. The van der Waals surface area contributed by atoms with Crippen molar-refractivity contribution in [3.63, 3.8) is 0 Å². The number of aliphatic hydroxyl groups excluding tert-OH is 1. The van der Waals surface area contributed by atoms with Gasteiger partial charge in [0.2, 0.25) is 5.60 Å². The zero-order chi connectivity index (χ0) is 21.6. The van der Waals surface area contributed by atoms with Crippen molar-refractivity contribution in [1.82, 2.24) is 0 Å². The summed E-state index contributed by atoms with van der Waals surface area (Å²) in [5.41, 5.74) is -0.506. The van der Waals surface area contributed by atoms with Crippen LogP contribution in [0.2, 0.25) is 0 Å². The number of methoxy groups -OCH3 is 1. The third-order valence-corrected chi connectivity index (χ3v) is 4.78. The lowest BCUT2D eigenvalue weighted by molar-refractivity contribution is -0.164. The zero-order valence-corrected chi connectivity index (χ0v) is 16.8. The van der Waals surface area contributed by atoms with Crippen LogP contribution in [0, 0.1) is 0 Å². The van der Waals surface area contributed by atoms with Gasteiger partial charge in [0.15, 0.2) is 11.5 Å². The van der Waals surface area contributed by atoms with Crippen LogP contribution in [-0.2, 0) is 11.4 Å². The molecule has 0 aliphatic rings. The van der Waals surface area contributed by atoms with E-state index < -0.39 is 17.7 Å². The van der Waals surface area contributed by atoms with Gasteiger partial charge in [0.1, 0.15) is 18.5 Å². The van der Waals surface area contributed by atoms with Gasteiger partial charge in [-0.3, -0.25) is 0 Å². The summed E-state index contributed by atoms with van der Waals surface area (Å²) in [6, 6.07) is 23.0. The Bertz CT molecular complexity index is 971. The minimum Gasteiger partial charge on any atom is -0.493 e. The summed E-state index contributed by atoms with van der Waals surface area (Å²) in [4.78, 5) is 12.0. The van der Waals surface area contributed by atoms with Crippen molar-refractivity contribution in [2.45, 2.75) is 25.2 Å². The van der Waals surface area contributed by atoms with Crippen molar-refractivity contribution in [1.29, 1.82) is 0 Å². The molecule has 6 heteroatoms. The first-order chi connectivity index (χ1) is 14.4. The summed E-state index contributed by atoms with van der Waals surface area (Å²) >= 11 is 0. The molecule has 0 heterocycles. The topological polar surface area (TPSA) is 85.2 Å². The second-order valence-electron chi connectivity index (χ2n) is 6.91. The molecule has 0 fully saturated rings. The molecule has 0 saturated carbocycles.